The van der Waals surface area contributed by atoms with Crippen molar-refractivity contribution in [2.75, 3.05) is 5.32 Å². The monoisotopic (exact) mass is 285 g/mol. The third-order valence-electron chi connectivity index (χ3n) is 3.24. The molecular formula is C15H15N3OS. The lowest BCUT2D eigenvalue weighted by Gasteiger charge is -2.00. The van der Waals surface area contributed by atoms with Crippen LogP contribution in [0, 0.1) is 0 Å². The van der Waals surface area contributed by atoms with E-state index >= 15 is 0 Å². The second-order valence-corrected chi connectivity index (χ2v) is 5.41. The summed E-state index contributed by atoms with van der Waals surface area (Å²) in [6.45, 7) is 3.00. The van der Waals surface area contributed by atoms with Crippen LogP contribution in [-0.2, 0) is 17.8 Å². The van der Waals surface area contributed by atoms with Crippen LogP contribution in [0.25, 0.3) is 10.9 Å². The van der Waals surface area contributed by atoms with Crippen LogP contribution in [0.1, 0.15) is 12.5 Å². The summed E-state index contributed by atoms with van der Waals surface area (Å²) >= 11 is 1.43. The molecule has 2 aromatic heterocycles. The third-order valence-corrected chi connectivity index (χ3v) is 3.93. The number of aromatic nitrogens is 2. The van der Waals surface area contributed by atoms with Crippen molar-refractivity contribution in [1.29, 1.82) is 0 Å². The van der Waals surface area contributed by atoms with Gasteiger partial charge in [0.2, 0.25) is 5.91 Å². The lowest BCUT2D eigenvalue weighted by molar-refractivity contribution is -0.115. The molecule has 3 aromatic rings. The van der Waals surface area contributed by atoms with Crippen molar-refractivity contribution in [3.05, 3.63) is 47.6 Å². The zero-order valence-electron chi connectivity index (χ0n) is 11.2. The number of rotatable bonds is 4. The first kappa shape index (κ1) is 12.9. The molecule has 102 valence electrons. The van der Waals surface area contributed by atoms with E-state index < -0.39 is 0 Å². The standard InChI is InChI=1S/C15H15N3OS/c1-2-18-10-11(12-5-3-4-6-13(12)18)9-14(19)17-15-16-7-8-20-15/h3-8,10H,2,9H2,1H3,(H,16,17,19). The Balaban J connectivity index is 1.85. The molecular weight excluding hydrogens is 270 g/mol. The van der Waals surface area contributed by atoms with Gasteiger partial charge in [-0.25, -0.2) is 4.98 Å². The number of carbonyl (C=O) groups is 1. The topological polar surface area (TPSA) is 46.9 Å². The van der Waals surface area contributed by atoms with Gasteiger partial charge in [0.15, 0.2) is 5.13 Å². The quantitative estimate of drug-likeness (QED) is 0.799. The maximum atomic E-state index is 12.1. The molecule has 0 aliphatic rings. The molecule has 0 saturated heterocycles. The number of amides is 1. The van der Waals surface area contributed by atoms with Crippen molar-refractivity contribution >= 4 is 33.3 Å². The summed E-state index contributed by atoms with van der Waals surface area (Å²) in [4.78, 5) is 16.1. The van der Waals surface area contributed by atoms with Gasteiger partial charge in [0.1, 0.15) is 0 Å². The van der Waals surface area contributed by atoms with Gasteiger partial charge in [-0.1, -0.05) is 18.2 Å². The van der Waals surface area contributed by atoms with Crippen LogP contribution in [0.3, 0.4) is 0 Å². The molecule has 5 heteroatoms. The second-order valence-electron chi connectivity index (χ2n) is 4.52. The van der Waals surface area contributed by atoms with Gasteiger partial charge in [-0.15, -0.1) is 11.3 Å². The summed E-state index contributed by atoms with van der Waals surface area (Å²) in [6.07, 6.45) is 4.11. The molecule has 0 bridgehead atoms. The summed E-state index contributed by atoms with van der Waals surface area (Å²) in [5.41, 5.74) is 2.23. The molecule has 1 N–H and O–H groups in total. The van der Waals surface area contributed by atoms with E-state index in [0.717, 1.165) is 17.5 Å². The molecule has 0 spiro atoms. The third kappa shape index (κ3) is 2.44. The van der Waals surface area contributed by atoms with Crippen molar-refractivity contribution in [2.24, 2.45) is 0 Å². The first-order valence-electron chi connectivity index (χ1n) is 6.54. The minimum Gasteiger partial charge on any atom is -0.347 e. The highest BCUT2D eigenvalue weighted by molar-refractivity contribution is 7.13. The number of thiazole rings is 1. The predicted octanol–water partition coefficient (Wildman–Crippen LogP) is 3.30. The first-order valence-corrected chi connectivity index (χ1v) is 7.42. The van der Waals surface area contributed by atoms with Crippen LogP contribution >= 0.6 is 11.3 Å². The number of carbonyl (C=O) groups excluding carboxylic acids is 1. The number of nitrogens with zero attached hydrogens (tertiary/aromatic N) is 2. The minimum atomic E-state index is -0.0287. The Labute approximate surface area is 121 Å². The maximum absolute atomic E-state index is 12.1. The summed E-state index contributed by atoms with van der Waals surface area (Å²) < 4.78 is 2.17. The molecule has 2 heterocycles. The van der Waals surface area contributed by atoms with Crippen LogP contribution in [0.15, 0.2) is 42.0 Å². The van der Waals surface area contributed by atoms with E-state index in [4.69, 9.17) is 0 Å². The van der Waals surface area contributed by atoms with Gasteiger partial charge in [-0.3, -0.25) is 4.79 Å². The SMILES string of the molecule is CCn1cc(CC(=O)Nc2nccs2)c2ccccc21. The lowest BCUT2D eigenvalue weighted by atomic mass is 10.1. The molecule has 0 fully saturated rings. The molecule has 0 unspecified atom stereocenters. The van der Waals surface area contributed by atoms with Crippen LogP contribution in [0.4, 0.5) is 5.13 Å². The Morgan fingerprint density at radius 2 is 2.25 bits per heavy atom. The van der Waals surface area contributed by atoms with Crippen molar-refractivity contribution in [3.63, 3.8) is 0 Å². The van der Waals surface area contributed by atoms with E-state index in [0.29, 0.717) is 11.6 Å². The zero-order chi connectivity index (χ0) is 13.9. The highest BCUT2D eigenvalue weighted by Gasteiger charge is 2.11. The fourth-order valence-electron chi connectivity index (χ4n) is 2.35. The van der Waals surface area contributed by atoms with Gasteiger partial charge >= 0.3 is 0 Å². The minimum absolute atomic E-state index is 0.0287. The molecule has 0 aliphatic heterocycles. The van der Waals surface area contributed by atoms with Crippen LogP contribution < -0.4 is 5.32 Å². The maximum Gasteiger partial charge on any atom is 0.230 e. The number of benzene rings is 1. The van der Waals surface area contributed by atoms with E-state index in [1.54, 1.807) is 6.20 Å². The van der Waals surface area contributed by atoms with Gasteiger partial charge in [-0.2, -0.15) is 0 Å². The number of para-hydroxylation sites is 1. The van der Waals surface area contributed by atoms with E-state index in [1.165, 1.54) is 16.9 Å². The summed E-state index contributed by atoms with van der Waals surface area (Å²) in [6, 6.07) is 8.17. The second kappa shape index (κ2) is 5.46. The Morgan fingerprint density at radius 1 is 1.40 bits per heavy atom. The summed E-state index contributed by atoms with van der Waals surface area (Å²) in [5, 5.41) is 6.46. The number of hydrogen-bond donors (Lipinski definition) is 1. The fraction of sp³-hybridized carbons (Fsp3) is 0.200. The number of fused-ring (bicyclic) bond motifs is 1. The van der Waals surface area contributed by atoms with E-state index in [2.05, 4.69) is 40.1 Å². The largest absolute Gasteiger partial charge is 0.347 e. The molecule has 0 aliphatic carbocycles. The van der Waals surface area contributed by atoms with Gasteiger partial charge in [-0.05, 0) is 18.6 Å². The van der Waals surface area contributed by atoms with E-state index in [1.807, 2.05) is 17.5 Å². The molecule has 4 nitrogen and oxygen atoms in total. The highest BCUT2D eigenvalue weighted by atomic mass is 32.1. The van der Waals surface area contributed by atoms with Crippen LogP contribution in [0.2, 0.25) is 0 Å². The summed E-state index contributed by atoms with van der Waals surface area (Å²) in [7, 11) is 0. The lowest BCUT2D eigenvalue weighted by Crippen LogP contribution is -2.13. The molecule has 0 saturated carbocycles. The normalized spacial score (nSPS) is 10.8. The predicted molar refractivity (Wildman–Crippen MR) is 82.1 cm³/mol. The zero-order valence-corrected chi connectivity index (χ0v) is 12.0. The fourth-order valence-corrected chi connectivity index (χ4v) is 2.89. The first-order chi connectivity index (χ1) is 9.78. The number of hydrogen-bond acceptors (Lipinski definition) is 3. The average Bonchev–Trinajstić information content (AvgIpc) is 3.07. The van der Waals surface area contributed by atoms with Crippen LogP contribution in [0.5, 0.6) is 0 Å². The smallest absolute Gasteiger partial charge is 0.230 e. The van der Waals surface area contributed by atoms with Gasteiger partial charge in [0, 0.05) is 35.2 Å². The highest BCUT2D eigenvalue weighted by Crippen LogP contribution is 2.22. The molecule has 1 amide bonds. The Hall–Kier alpha value is -2.14. The Morgan fingerprint density at radius 3 is 3.00 bits per heavy atom. The van der Waals surface area contributed by atoms with Gasteiger partial charge in [0.25, 0.3) is 0 Å². The van der Waals surface area contributed by atoms with Crippen molar-refractivity contribution in [1.82, 2.24) is 9.55 Å². The van der Waals surface area contributed by atoms with Gasteiger partial charge < -0.3 is 9.88 Å². The molecule has 20 heavy (non-hydrogen) atoms. The van der Waals surface area contributed by atoms with Crippen molar-refractivity contribution < 1.29 is 4.79 Å². The van der Waals surface area contributed by atoms with Crippen molar-refractivity contribution in [2.45, 2.75) is 19.9 Å². The molecule has 1 aromatic carbocycles. The molecule has 3 rings (SSSR count). The number of nitrogens with one attached hydrogen (secondary N) is 1. The Kier molecular flexibility index (Phi) is 3.52. The van der Waals surface area contributed by atoms with E-state index in [9.17, 15) is 4.79 Å². The molecule has 0 atom stereocenters. The van der Waals surface area contributed by atoms with Crippen LogP contribution in [-0.4, -0.2) is 15.5 Å². The average molecular weight is 285 g/mol. The van der Waals surface area contributed by atoms with Gasteiger partial charge in [0.05, 0.1) is 6.42 Å². The summed E-state index contributed by atoms with van der Waals surface area (Å²) in [5.74, 6) is -0.0287. The number of anilines is 1. The van der Waals surface area contributed by atoms with E-state index in [-0.39, 0.29) is 5.91 Å². The Bertz CT molecular complexity index is 731. The number of aryl methyl sites for hydroxylation is 1. The molecule has 0 radical (unpaired) electrons. The van der Waals surface area contributed by atoms with Crippen molar-refractivity contribution in [3.8, 4) is 0 Å².